The zero-order valence-corrected chi connectivity index (χ0v) is 10.0. The maximum atomic E-state index is 11.6. The number of methoxy groups -OCH3 is 1. The number of nitriles is 1. The third kappa shape index (κ3) is 2.57. The highest BCUT2D eigenvalue weighted by atomic mass is 79.9. The van der Waals surface area contributed by atoms with Crippen LogP contribution in [0.2, 0.25) is 0 Å². The van der Waals surface area contributed by atoms with Gasteiger partial charge in [-0.2, -0.15) is 5.26 Å². The maximum absolute atomic E-state index is 11.6. The summed E-state index contributed by atoms with van der Waals surface area (Å²) in [6.07, 6.45) is 0. The molecule has 0 heterocycles. The Morgan fingerprint density at radius 3 is 2.73 bits per heavy atom. The molecule has 4 heteroatoms. The molecular weight excluding hydrogens is 258 g/mol. The largest absolute Gasteiger partial charge is 0.496 e. The van der Waals surface area contributed by atoms with E-state index in [1.165, 1.54) is 0 Å². The van der Waals surface area contributed by atoms with Crippen molar-refractivity contribution in [2.24, 2.45) is 5.92 Å². The molecule has 1 aromatic carbocycles. The molecular formula is C11H10BrNO2. The van der Waals surface area contributed by atoms with Crippen molar-refractivity contribution in [1.82, 2.24) is 0 Å². The Morgan fingerprint density at radius 2 is 2.27 bits per heavy atom. The van der Waals surface area contributed by atoms with Crippen molar-refractivity contribution in [2.75, 3.05) is 7.11 Å². The average molecular weight is 268 g/mol. The van der Waals surface area contributed by atoms with Gasteiger partial charge >= 0.3 is 0 Å². The third-order valence-electron chi connectivity index (χ3n) is 2.02. The fraction of sp³-hybridized carbons (Fsp3) is 0.273. The SMILES string of the molecule is COc1ccc(C(=O)C(C)C#N)cc1Br. The monoisotopic (exact) mass is 267 g/mol. The Hall–Kier alpha value is -1.34. The van der Waals surface area contributed by atoms with Gasteiger partial charge in [0.25, 0.3) is 0 Å². The minimum Gasteiger partial charge on any atom is -0.496 e. The number of hydrogen-bond donors (Lipinski definition) is 0. The summed E-state index contributed by atoms with van der Waals surface area (Å²) < 4.78 is 5.75. The standard InChI is InChI=1S/C11H10BrNO2/c1-7(6-13)11(14)8-3-4-10(15-2)9(12)5-8/h3-5,7H,1-2H3. The van der Waals surface area contributed by atoms with E-state index in [1.54, 1.807) is 32.2 Å². The Kier molecular flexibility index (Phi) is 3.87. The first-order valence-electron chi connectivity index (χ1n) is 4.37. The molecule has 1 atom stereocenters. The molecule has 0 radical (unpaired) electrons. The molecule has 78 valence electrons. The smallest absolute Gasteiger partial charge is 0.179 e. The van der Waals surface area contributed by atoms with Gasteiger partial charge in [0.05, 0.1) is 17.7 Å². The summed E-state index contributed by atoms with van der Waals surface area (Å²) in [4.78, 5) is 11.6. The highest BCUT2D eigenvalue weighted by Crippen LogP contribution is 2.26. The molecule has 0 saturated carbocycles. The first-order chi connectivity index (χ1) is 7.10. The van der Waals surface area contributed by atoms with Gasteiger partial charge in [-0.1, -0.05) is 0 Å². The molecule has 3 nitrogen and oxygen atoms in total. The lowest BCUT2D eigenvalue weighted by Gasteiger charge is -2.06. The molecule has 0 aliphatic rings. The topological polar surface area (TPSA) is 50.1 Å². The maximum Gasteiger partial charge on any atom is 0.179 e. The normalized spacial score (nSPS) is 11.6. The van der Waals surface area contributed by atoms with Gasteiger partial charge in [-0.25, -0.2) is 0 Å². The van der Waals surface area contributed by atoms with Crippen LogP contribution < -0.4 is 4.74 Å². The van der Waals surface area contributed by atoms with Crippen LogP contribution >= 0.6 is 15.9 Å². The van der Waals surface area contributed by atoms with Crippen LogP contribution in [0.25, 0.3) is 0 Å². The minimum atomic E-state index is -0.620. The first kappa shape index (κ1) is 11.7. The number of halogens is 1. The first-order valence-corrected chi connectivity index (χ1v) is 5.16. The fourth-order valence-corrected chi connectivity index (χ4v) is 1.67. The summed E-state index contributed by atoms with van der Waals surface area (Å²) in [6, 6.07) is 6.93. The van der Waals surface area contributed by atoms with Crippen LogP contribution in [-0.4, -0.2) is 12.9 Å². The van der Waals surface area contributed by atoms with Crippen LogP contribution in [0.4, 0.5) is 0 Å². The highest BCUT2D eigenvalue weighted by molar-refractivity contribution is 9.10. The van der Waals surface area contributed by atoms with Crippen LogP contribution in [0.1, 0.15) is 17.3 Å². The molecule has 0 amide bonds. The summed E-state index contributed by atoms with van der Waals surface area (Å²) in [6.45, 7) is 1.58. The van der Waals surface area contributed by atoms with E-state index in [4.69, 9.17) is 10.00 Å². The summed E-state index contributed by atoms with van der Waals surface area (Å²) in [5.74, 6) is -0.137. The number of ketones is 1. The predicted molar refractivity (Wildman–Crippen MR) is 59.8 cm³/mol. The second-order valence-electron chi connectivity index (χ2n) is 3.06. The number of Topliss-reactive ketones (excluding diaryl/α,β-unsaturated/α-hetero) is 1. The number of benzene rings is 1. The van der Waals surface area contributed by atoms with Crippen LogP contribution in [0.15, 0.2) is 22.7 Å². The van der Waals surface area contributed by atoms with Crippen molar-refractivity contribution < 1.29 is 9.53 Å². The molecule has 0 spiro atoms. The molecule has 0 fully saturated rings. The van der Waals surface area contributed by atoms with Crippen molar-refractivity contribution in [3.8, 4) is 11.8 Å². The second-order valence-corrected chi connectivity index (χ2v) is 3.92. The van der Waals surface area contributed by atoms with E-state index in [0.29, 0.717) is 15.8 Å². The lowest BCUT2D eigenvalue weighted by molar-refractivity contribution is 0.0956. The van der Waals surface area contributed by atoms with Gasteiger partial charge in [0.2, 0.25) is 0 Å². The predicted octanol–water partition coefficient (Wildman–Crippen LogP) is 2.80. The molecule has 0 aliphatic carbocycles. The number of rotatable bonds is 3. The lowest BCUT2D eigenvalue weighted by Crippen LogP contribution is -2.08. The molecule has 0 N–H and O–H groups in total. The molecule has 1 unspecified atom stereocenters. The van der Waals surface area contributed by atoms with Gasteiger partial charge in [-0.05, 0) is 41.1 Å². The van der Waals surface area contributed by atoms with Crippen LogP contribution in [0.3, 0.4) is 0 Å². The van der Waals surface area contributed by atoms with E-state index < -0.39 is 5.92 Å². The van der Waals surface area contributed by atoms with Gasteiger partial charge in [-0.15, -0.1) is 0 Å². The Bertz CT molecular complexity index is 423. The van der Waals surface area contributed by atoms with E-state index in [2.05, 4.69) is 15.9 Å². The minimum absolute atomic E-state index is 0.180. The summed E-state index contributed by atoms with van der Waals surface area (Å²) >= 11 is 3.29. The average Bonchev–Trinajstić information content (AvgIpc) is 2.26. The molecule has 0 saturated heterocycles. The highest BCUT2D eigenvalue weighted by Gasteiger charge is 2.15. The molecule has 0 bridgehead atoms. The van der Waals surface area contributed by atoms with Gasteiger partial charge in [0.1, 0.15) is 11.7 Å². The zero-order chi connectivity index (χ0) is 11.4. The summed E-state index contributed by atoms with van der Waals surface area (Å²) in [5, 5.41) is 8.63. The molecule has 1 rings (SSSR count). The number of ether oxygens (including phenoxy) is 1. The molecule has 1 aromatic rings. The molecule has 0 aliphatic heterocycles. The van der Waals surface area contributed by atoms with Crippen LogP contribution in [-0.2, 0) is 0 Å². The molecule has 15 heavy (non-hydrogen) atoms. The van der Waals surface area contributed by atoms with Crippen molar-refractivity contribution in [3.63, 3.8) is 0 Å². The van der Waals surface area contributed by atoms with E-state index in [1.807, 2.05) is 6.07 Å². The number of nitrogens with zero attached hydrogens (tertiary/aromatic N) is 1. The summed E-state index contributed by atoms with van der Waals surface area (Å²) in [7, 11) is 1.56. The Balaban J connectivity index is 3.04. The van der Waals surface area contributed by atoms with Gasteiger partial charge in [0, 0.05) is 5.56 Å². The second kappa shape index (κ2) is 4.94. The van der Waals surface area contributed by atoms with E-state index in [9.17, 15) is 4.79 Å². The van der Waals surface area contributed by atoms with Crippen molar-refractivity contribution in [2.45, 2.75) is 6.92 Å². The number of carbonyl (C=O) groups excluding carboxylic acids is 1. The van der Waals surface area contributed by atoms with E-state index in [0.717, 1.165) is 0 Å². The van der Waals surface area contributed by atoms with Gasteiger partial charge in [0.15, 0.2) is 5.78 Å². The van der Waals surface area contributed by atoms with Crippen molar-refractivity contribution >= 4 is 21.7 Å². The quantitative estimate of drug-likeness (QED) is 0.792. The van der Waals surface area contributed by atoms with Crippen LogP contribution in [0.5, 0.6) is 5.75 Å². The lowest BCUT2D eigenvalue weighted by atomic mass is 10.0. The zero-order valence-electron chi connectivity index (χ0n) is 8.45. The Labute approximate surface area is 96.8 Å². The summed E-state index contributed by atoms with van der Waals surface area (Å²) in [5.41, 5.74) is 0.511. The fourth-order valence-electron chi connectivity index (χ4n) is 1.13. The number of carbonyl (C=O) groups is 1. The number of hydrogen-bond acceptors (Lipinski definition) is 3. The van der Waals surface area contributed by atoms with E-state index in [-0.39, 0.29) is 5.78 Å². The van der Waals surface area contributed by atoms with E-state index >= 15 is 0 Å². The molecule has 0 aromatic heterocycles. The van der Waals surface area contributed by atoms with Crippen molar-refractivity contribution in [3.05, 3.63) is 28.2 Å². The third-order valence-corrected chi connectivity index (χ3v) is 2.64. The Morgan fingerprint density at radius 1 is 1.60 bits per heavy atom. The van der Waals surface area contributed by atoms with Crippen molar-refractivity contribution in [1.29, 1.82) is 5.26 Å². The van der Waals surface area contributed by atoms with Crippen LogP contribution in [0, 0.1) is 17.2 Å². The van der Waals surface area contributed by atoms with Gasteiger partial charge < -0.3 is 4.74 Å². The van der Waals surface area contributed by atoms with Gasteiger partial charge in [-0.3, -0.25) is 4.79 Å².